The number of piperidine rings is 1. The number of urea groups is 1. The molecular weight excluding hydrogens is 624 g/mol. The van der Waals surface area contributed by atoms with Crippen molar-refractivity contribution in [1.29, 1.82) is 0 Å². The van der Waals surface area contributed by atoms with Gasteiger partial charge in [-0.15, -0.1) is 6.58 Å². The molecule has 3 rings (SSSR count). The van der Waals surface area contributed by atoms with Gasteiger partial charge in [-0.25, -0.2) is 17.5 Å². The monoisotopic (exact) mass is 680 g/mol. The highest BCUT2D eigenvalue weighted by molar-refractivity contribution is 7.90. The fourth-order valence-corrected chi connectivity index (χ4v) is 8.09. The van der Waals surface area contributed by atoms with Crippen molar-refractivity contribution in [3.05, 3.63) is 12.7 Å². The molecule has 14 heteroatoms. The number of nitrogens with zero attached hydrogens (tertiary/aromatic N) is 2. The lowest BCUT2D eigenvalue weighted by atomic mass is 9.85. The second-order valence-electron chi connectivity index (χ2n) is 16.1. The maximum absolute atomic E-state index is 14.3. The maximum Gasteiger partial charge on any atom is 0.315 e. The topological polar surface area (TPSA) is 174 Å². The van der Waals surface area contributed by atoms with E-state index in [1.807, 2.05) is 55.4 Å². The van der Waals surface area contributed by atoms with Gasteiger partial charge in [0, 0.05) is 32.7 Å². The quantitative estimate of drug-likeness (QED) is 0.160. The van der Waals surface area contributed by atoms with Crippen LogP contribution in [0, 0.1) is 28.1 Å². The zero-order valence-corrected chi connectivity index (χ0v) is 30.5. The lowest BCUT2D eigenvalue weighted by Gasteiger charge is -2.39. The molecule has 3 aliphatic rings. The van der Waals surface area contributed by atoms with Gasteiger partial charge in [-0.1, -0.05) is 68.4 Å². The molecule has 1 saturated heterocycles. The number of amides is 5. The average molecular weight is 681 g/mol. The highest BCUT2D eigenvalue weighted by Gasteiger charge is 2.70. The van der Waals surface area contributed by atoms with Crippen LogP contribution in [0.2, 0.25) is 0 Å². The minimum atomic E-state index is -3.46. The Bertz CT molecular complexity index is 1360. The van der Waals surface area contributed by atoms with Crippen LogP contribution in [-0.4, -0.2) is 103 Å². The molecule has 13 nitrogen and oxygen atoms in total. The normalized spacial score (nSPS) is 24.0. The fourth-order valence-electron chi connectivity index (χ4n) is 6.50. The Labute approximate surface area is 280 Å². The molecule has 0 aromatic heterocycles. The second-order valence-corrected chi connectivity index (χ2v) is 18.4. The Balaban J connectivity index is 1.80. The summed E-state index contributed by atoms with van der Waals surface area (Å²) >= 11 is 0. The van der Waals surface area contributed by atoms with E-state index < -0.39 is 74.6 Å². The first-order valence-corrected chi connectivity index (χ1v) is 18.1. The Hall–Kier alpha value is -3.00. The van der Waals surface area contributed by atoms with Crippen LogP contribution in [0.4, 0.5) is 4.79 Å². The van der Waals surface area contributed by atoms with E-state index in [0.29, 0.717) is 19.4 Å². The molecule has 0 spiro atoms. The summed E-state index contributed by atoms with van der Waals surface area (Å²) in [5.41, 5.74) is -1.47. The maximum atomic E-state index is 14.3. The number of Topliss-reactive ketones (excluding diaryl/α,β-unsaturated/α-hetero) is 1. The van der Waals surface area contributed by atoms with Gasteiger partial charge < -0.3 is 26.2 Å². The first-order valence-electron chi connectivity index (χ1n) is 16.6. The number of likely N-dealkylation sites (tertiary alicyclic amines) is 1. The number of nitrogens with one attached hydrogen (secondary N) is 4. The molecule has 1 aliphatic heterocycles. The summed E-state index contributed by atoms with van der Waals surface area (Å²) in [6.07, 6.45) is 2.89. The molecule has 6 atom stereocenters. The fraction of sp³-hybridized carbons (Fsp3) is 0.788. The minimum absolute atomic E-state index is 0.0533. The zero-order valence-electron chi connectivity index (χ0n) is 29.7. The molecule has 47 heavy (non-hydrogen) atoms. The van der Waals surface area contributed by atoms with Crippen LogP contribution < -0.4 is 21.3 Å². The first-order chi connectivity index (χ1) is 21.5. The Kier molecular flexibility index (Phi) is 11.3. The molecular formula is C33H56N6O7S. The SMILES string of the molecule is C=CCNC(=O)C(=O)C(CC)NC(=O)[C@@H]1[C@@H]2[C@H](CN1C(=O)[C@@H](NC(=O)N[C@H](CN(C)S(=O)(=O)C1CC1)C(C)(C)C)C(C)(C)C)C2(C)C. The zero-order chi connectivity index (χ0) is 35.9. The Morgan fingerprint density at radius 3 is 2.09 bits per heavy atom. The third-order valence-electron chi connectivity index (χ3n) is 9.99. The highest BCUT2D eigenvalue weighted by atomic mass is 32.2. The molecule has 1 unspecified atom stereocenters. The molecule has 0 aromatic rings. The van der Waals surface area contributed by atoms with Gasteiger partial charge in [0.2, 0.25) is 27.6 Å². The lowest BCUT2D eigenvalue weighted by molar-refractivity contribution is -0.145. The van der Waals surface area contributed by atoms with Crippen LogP contribution in [0.15, 0.2) is 12.7 Å². The third kappa shape index (κ3) is 8.54. The molecule has 0 aromatic carbocycles. The van der Waals surface area contributed by atoms with Crippen molar-refractivity contribution in [2.45, 2.75) is 111 Å². The number of sulfonamides is 1. The molecule has 0 radical (unpaired) electrons. The highest BCUT2D eigenvalue weighted by Crippen LogP contribution is 2.65. The van der Waals surface area contributed by atoms with Gasteiger partial charge >= 0.3 is 6.03 Å². The summed E-state index contributed by atoms with van der Waals surface area (Å²) in [5, 5.41) is 10.5. The first kappa shape index (κ1) is 38.4. The van der Waals surface area contributed by atoms with Crippen molar-refractivity contribution in [2.75, 3.05) is 26.7 Å². The van der Waals surface area contributed by atoms with Crippen molar-refractivity contribution >= 4 is 39.6 Å². The standard InChI is InChI=1S/C33H56N6O7S/c1-12-16-34-28(42)25(40)21(13-2)35-27(41)24-23-20(33(23,9)10)17-39(24)29(43)26(32(6,7)8)37-30(44)36-22(31(3,4)5)18-38(11)47(45,46)19-14-15-19/h12,19-24,26H,1,13-18H2,2-11H3,(H,34,42)(H,35,41)(H2,36,37,44)/t20-,21?,22+,23-,24-,26+/m0/s1. The number of carbonyl (C=O) groups excluding carboxylic acids is 5. The van der Waals surface area contributed by atoms with E-state index in [0.717, 1.165) is 0 Å². The number of hydrogen-bond acceptors (Lipinski definition) is 7. The molecule has 266 valence electrons. The summed E-state index contributed by atoms with van der Waals surface area (Å²) in [6, 6.07) is -4.17. The molecule has 5 amide bonds. The van der Waals surface area contributed by atoms with E-state index in [2.05, 4.69) is 27.8 Å². The summed E-state index contributed by atoms with van der Waals surface area (Å²) < 4.78 is 26.9. The summed E-state index contributed by atoms with van der Waals surface area (Å²) in [7, 11) is -1.95. The van der Waals surface area contributed by atoms with Crippen molar-refractivity contribution in [3.63, 3.8) is 0 Å². The van der Waals surface area contributed by atoms with Crippen LogP contribution in [0.25, 0.3) is 0 Å². The average Bonchev–Trinajstić information content (AvgIpc) is 3.85. The van der Waals surface area contributed by atoms with Gasteiger partial charge in [-0.3, -0.25) is 19.2 Å². The molecule has 4 N–H and O–H groups in total. The predicted octanol–water partition coefficient (Wildman–Crippen LogP) is 1.79. The smallest absolute Gasteiger partial charge is 0.315 e. The van der Waals surface area contributed by atoms with Crippen molar-refractivity contribution in [2.24, 2.45) is 28.1 Å². The number of fused-ring (bicyclic) bond motifs is 1. The van der Waals surface area contributed by atoms with Crippen LogP contribution in [-0.2, 0) is 29.2 Å². The van der Waals surface area contributed by atoms with Gasteiger partial charge in [0.15, 0.2) is 0 Å². The molecule has 3 fully saturated rings. The summed E-state index contributed by atoms with van der Waals surface area (Å²) in [4.78, 5) is 68.3. The van der Waals surface area contributed by atoms with E-state index in [1.165, 1.54) is 22.3 Å². The number of ketones is 1. The minimum Gasteiger partial charge on any atom is -0.346 e. The van der Waals surface area contributed by atoms with Gasteiger partial charge in [-0.2, -0.15) is 0 Å². The van der Waals surface area contributed by atoms with Crippen LogP contribution in [0.1, 0.15) is 81.6 Å². The van der Waals surface area contributed by atoms with Crippen molar-refractivity contribution in [1.82, 2.24) is 30.5 Å². The molecule has 2 saturated carbocycles. The number of likely N-dealkylation sites (N-methyl/N-ethyl adjacent to an activating group) is 1. The largest absolute Gasteiger partial charge is 0.346 e. The van der Waals surface area contributed by atoms with E-state index in [4.69, 9.17) is 0 Å². The molecule has 1 heterocycles. The predicted molar refractivity (Wildman–Crippen MR) is 179 cm³/mol. The second kappa shape index (κ2) is 13.9. The third-order valence-corrected chi connectivity index (χ3v) is 12.3. The molecule has 2 aliphatic carbocycles. The Morgan fingerprint density at radius 1 is 1.00 bits per heavy atom. The lowest BCUT2D eigenvalue weighted by Crippen LogP contribution is -2.62. The van der Waals surface area contributed by atoms with Gasteiger partial charge in [-0.05, 0) is 47.3 Å². The van der Waals surface area contributed by atoms with Crippen LogP contribution in [0.3, 0.4) is 0 Å². The van der Waals surface area contributed by atoms with Crippen LogP contribution in [0.5, 0.6) is 0 Å². The van der Waals surface area contributed by atoms with Crippen molar-refractivity contribution < 1.29 is 32.4 Å². The van der Waals surface area contributed by atoms with Crippen molar-refractivity contribution in [3.8, 4) is 0 Å². The van der Waals surface area contributed by atoms with E-state index >= 15 is 0 Å². The summed E-state index contributed by atoms with van der Waals surface area (Å²) in [6.45, 7) is 20.9. The van der Waals surface area contributed by atoms with Gasteiger partial charge in [0.1, 0.15) is 12.1 Å². The van der Waals surface area contributed by atoms with E-state index in [-0.39, 0.29) is 42.0 Å². The number of hydrogen-bond donors (Lipinski definition) is 4. The number of rotatable bonds is 14. The number of carbonyl (C=O) groups is 5. The van der Waals surface area contributed by atoms with Gasteiger partial charge in [0.25, 0.3) is 5.91 Å². The van der Waals surface area contributed by atoms with Crippen LogP contribution >= 0.6 is 0 Å². The molecule has 0 bridgehead atoms. The van der Waals surface area contributed by atoms with Gasteiger partial charge in [0.05, 0.1) is 11.3 Å². The van der Waals surface area contributed by atoms with E-state index in [9.17, 15) is 32.4 Å². The van der Waals surface area contributed by atoms with E-state index in [1.54, 1.807) is 6.92 Å². The summed E-state index contributed by atoms with van der Waals surface area (Å²) in [5.74, 6) is -2.65. The Morgan fingerprint density at radius 2 is 1.60 bits per heavy atom.